The number of hydrogen-bond donors (Lipinski definition) is 2. The molecule has 2 aromatic rings. The lowest BCUT2D eigenvalue weighted by Crippen LogP contribution is -2.09. The Labute approximate surface area is 125 Å². The van der Waals surface area contributed by atoms with Crippen LogP contribution in [-0.2, 0) is 11.3 Å². The molecule has 0 saturated carbocycles. The van der Waals surface area contributed by atoms with Gasteiger partial charge in [0, 0.05) is 45.3 Å². The molecule has 0 saturated heterocycles. The van der Waals surface area contributed by atoms with E-state index in [1.165, 1.54) is 0 Å². The minimum Gasteiger partial charge on any atom is -0.385 e. The minimum absolute atomic E-state index is 0.710. The first-order chi connectivity index (χ1) is 10.3. The summed E-state index contributed by atoms with van der Waals surface area (Å²) >= 11 is 0. The molecule has 2 rings (SSSR count). The molecule has 0 atom stereocenters. The van der Waals surface area contributed by atoms with Gasteiger partial charge in [-0.25, -0.2) is 9.97 Å². The van der Waals surface area contributed by atoms with Crippen molar-refractivity contribution in [1.82, 2.24) is 15.0 Å². The fraction of sp³-hybridized carbons (Fsp3) is 0.400. The highest BCUT2D eigenvalue weighted by molar-refractivity contribution is 5.47. The number of ether oxygens (including phenoxy) is 1. The third kappa shape index (κ3) is 5.35. The topological polar surface area (TPSA) is 72.0 Å². The minimum atomic E-state index is 0.710. The molecule has 0 radical (unpaired) electrons. The van der Waals surface area contributed by atoms with Gasteiger partial charge in [0.25, 0.3) is 0 Å². The zero-order chi connectivity index (χ0) is 14.9. The number of pyridine rings is 1. The first-order valence-electron chi connectivity index (χ1n) is 6.99. The summed E-state index contributed by atoms with van der Waals surface area (Å²) in [6.45, 7) is 4.17. The number of nitrogens with zero attached hydrogens (tertiary/aromatic N) is 3. The Balaban J connectivity index is 1.91. The molecule has 2 heterocycles. The van der Waals surface area contributed by atoms with Crippen LogP contribution >= 0.6 is 0 Å². The van der Waals surface area contributed by atoms with Crippen LogP contribution in [0.4, 0.5) is 11.6 Å². The van der Waals surface area contributed by atoms with Crippen molar-refractivity contribution >= 4 is 11.6 Å². The van der Waals surface area contributed by atoms with Crippen molar-refractivity contribution < 1.29 is 4.74 Å². The molecular weight excluding hydrogens is 266 g/mol. The largest absolute Gasteiger partial charge is 0.385 e. The van der Waals surface area contributed by atoms with E-state index in [1.54, 1.807) is 19.5 Å². The van der Waals surface area contributed by atoms with E-state index in [4.69, 9.17) is 4.74 Å². The Morgan fingerprint density at radius 2 is 1.81 bits per heavy atom. The molecule has 0 bridgehead atoms. The van der Waals surface area contributed by atoms with E-state index in [2.05, 4.69) is 25.6 Å². The molecule has 0 aromatic carbocycles. The number of rotatable bonds is 8. The second-order valence-corrected chi connectivity index (χ2v) is 4.67. The summed E-state index contributed by atoms with van der Waals surface area (Å²) < 4.78 is 5.02. The number of aromatic nitrogens is 3. The maximum absolute atomic E-state index is 5.02. The van der Waals surface area contributed by atoms with E-state index >= 15 is 0 Å². The Morgan fingerprint density at radius 3 is 2.52 bits per heavy atom. The zero-order valence-corrected chi connectivity index (χ0v) is 12.5. The molecule has 0 fully saturated rings. The highest BCUT2D eigenvalue weighted by Gasteiger charge is 2.02. The molecule has 6 nitrogen and oxygen atoms in total. The molecule has 0 aliphatic carbocycles. The summed E-state index contributed by atoms with van der Waals surface area (Å²) in [5.74, 6) is 2.38. The predicted molar refractivity (Wildman–Crippen MR) is 83.3 cm³/mol. The van der Waals surface area contributed by atoms with Gasteiger partial charge in [-0.3, -0.25) is 4.98 Å². The third-order valence-electron chi connectivity index (χ3n) is 2.89. The summed E-state index contributed by atoms with van der Waals surface area (Å²) in [5.41, 5.74) is 1.16. The second-order valence-electron chi connectivity index (χ2n) is 4.67. The maximum atomic E-state index is 5.02. The van der Waals surface area contributed by atoms with Crippen LogP contribution in [0.2, 0.25) is 0 Å². The van der Waals surface area contributed by atoms with Gasteiger partial charge < -0.3 is 15.4 Å². The van der Waals surface area contributed by atoms with Gasteiger partial charge in [-0.05, 0) is 31.0 Å². The van der Waals surface area contributed by atoms with E-state index in [0.29, 0.717) is 6.54 Å². The van der Waals surface area contributed by atoms with Crippen molar-refractivity contribution in [3.63, 3.8) is 0 Å². The van der Waals surface area contributed by atoms with Gasteiger partial charge in [-0.15, -0.1) is 0 Å². The molecule has 2 N–H and O–H groups in total. The van der Waals surface area contributed by atoms with Gasteiger partial charge in [0.1, 0.15) is 17.5 Å². The van der Waals surface area contributed by atoms with Crippen LogP contribution in [-0.4, -0.2) is 35.2 Å². The monoisotopic (exact) mass is 287 g/mol. The number of aryl methyl sites for hydroxylation is 1. The normalized spacial score (nSPS) is 10.4. The Bertz CT molecular complexity index is 547. The van der Waals surface area contributed by atoms with E-state index in [9.17, 15) is 0 Å². The van der Waals surface area contributed by atoms with Crippen LogP contribution in [0.25, 0.3) is 0 Å². The van der Waals surface area contributed by atoms with Crippen LogP contribution in [0.3, 0.4) is 0 Å². The zero-order valence-electron chi connectivity index (χ0n) is 12.5. The van der Waals surface area contributed by atoms with E-state index in [-0.39, 0.29) is 0 Å². The first kappa shape index (κ1) is 15.2. The van der Waals surface area contributed by atoms with Gasteiger partial charge in [0.2, 0.25) is 0 Å². The van der Waals surface area contributed by atoms with Gasteiger partial charge in [-0.2, -0.15) is 0 Å². The highest BCUT2D eigenvalue weighted by Crippen LogP contribution is 2.12. The smallest absolute Gasteiger partial charge is 0.132 e. The van der Waals surface area contributed by atoms with E-state index in [1.807, 2.05) is 25.1 Å². The SMILES string of the molecule is COCCCNc1cc(NCc2ccncc2)nc(C)n1. The molecule has 112 valence electrons. The van der Waals surface area contributed by atoms with Crippen LogP contribution in [0.1, 0.15) is 17.8 Å². The Hall–Kier alpha value is -2.21. The summed E-state index contributed by atoms with van der Waals surface area (Å²) in [5, 5.41) is 6.58. The molecule has 6 heteroatoms. The molecule has 21 heavy (non-hydrogen) atoms. The molecular formula is C15H21N5O. The van der Waals surface area contributed by atoms with Crippen LogP contribution in [0.5, 0.6) is 0 Å². The molecule has 0 aliphatic rings. The summed E-state index contributed by atoms with van der Waals surface area (Å²) in [6.07, 6.45) is 4.51. The van der Waals surface area contributed by atoms with Crippen LogP contribution in [0, 0.1) is 6.92 Å². The molecule has 0 amide bonds. The van der Waals surface area contributed by atoms with Gasteiger partial charge in [0.15, 0.2) is 0 Å². The van der Waals surface area contributed by atoms with Crippen molar-refractivity contribution in [2.75, 3.05) is 30.9 Å². The van der Waals surface area contributed by atoms with E-state index < -0.39 is 0 Å². The van der Waals surface area contributed by atoms with Crippen LogP contribution in [0.15, 0.2) is 30.6 Å². The van der Waals surface area contributed by atoms with Crippen molar-refractivity contribution in [1.29, 1.82) is 0 Å². The molecule has 2 aromatic heterocycles. The standard InChI is InChI=1S/C15H21N5O/c1-12-19-14(17-6-3-9-21-2)10-15(20-12)18-11-13-4-7-16-8-5-13/h4-5,7-8,10H,3,6,9,11H2,1-2H3,(H2,17,18,19,20). The lowest BCUT2D eigenvalue weighted by Gasteiger charge is -2.10. The van der Waals surface area contributed by atoms with Gasteiger partial charge in [-0.1, -0.05) is 0 Å². The number of hydrogen-bond acceptors (Lipinski definition) is 6. The average Bonchev–Trinajstić information content (AvgIpc) is 2.50. The summed E-state index contributed by atoms with van der Waals surface area (Å²) in [4.78, 5) is 12.8. The Morgan fingerprint density at radius 1 is 1.10 bits per heavy atom. The van der Waals surface area contributed by atoms with Crippen molar-refractivity contribution in [2.45, 2.75) is 19.9 Å². The number of anilines is 2. The molecule has 0 spiro atoms. The average molecular weight is 287 g/mol. The molecule has 0 unspecified atom stereocenters. The van der Waals surface area contributed by atoms with Crippen LogP contribution < -0.4 is 10.6 Å². The predicted octanol–water partition coefficient (Wildman–Crippen LogP) is 2.24. The summed E-state index contributed by atoms with van der Waals surface area (Å²) in [6, 6.07) is 5.87. The fourth-order valence-corrected chi connectivity index (χ4v) is 1.88. The quantitative estimate of drug-likeness (QED) is 0.726. The second kappa shape index (κ2) is 8.16. The lowest BCUT2D eigenvalue weighted by molar-refractivity contribution is 0.198. The lowest BCUT2D eigenvalue weighted by atomic mass is 10.3. The van der Waals surface area contributed by atoms with Gasteiger partial charge in [0.05, 0.1) is 0 Å². The summed E-state index contributed by atoms with van der Waals surface area (Å²) in [7, 11) is 1.70. The maximum Gasteiger partial charge on any atom is 0.132 e. The van der Waals surface area contributed by atoms with E-state index in [0.717, 1.165) is 42.6 Å². The fourth-order valence-electron chi connectivity index (χ4n) is 1.88. The van der Waals surface area contributed by atoms with Crippen molar-refractivity contribution in [3.05, 3.63) is 42.0 Å². The third-order valence-corrected chi connectivity index (χ3v) is 2.89. The number of methoxy groups -OCH3 is 1. The Kier molecular flexibility index (Phi) is 5.90. The first-order valence-corrected chi connectivity index (χ1v) is 6.99. The number of nitrogens with one attached hydrogen (secondary N) is 2. The van der Waals surface area contributed by atoms with Crippen molar-refractivity contribution in [2.24, 2.45) is 0 Å². The van der Waals surface area contributed by atoms with Crippen molar-refractivity contribution in [3.8, 4) is 0 Å². The molecule has 0 aliphatic heterocycles. The van der Waals surface area contributed by atoms with Gasteiger partial charge >= 0.3 is 0 Å². The highest BCUT2D eigenvalue weighted by atomic mass is 16.5.